The fraction of sp³-hybridized carbons (Fsp3) is 0.0870. The molecule has 0 saturated carbocycles. The van der Waals surface area contributed by atoms with Crippen molar-refractivity contribution in [2.75, 3.05) is 17.3 Å². The molecule has 3 N–H and O–H groups in total. The second-order valence-electron chi connectivity index (χ2n) is 7.36. The van der Waals surface area contributed by atoms with Crippen molar-refractivity contribution in [1.82, 2.24) is 9.97 Å². The summed E-state index contributed by atoms with van der Waals surface area (Å²) in [6.07, 6.45) is -0.732. The van der Waals surface area contributed by atoms with Gasteiger partial charge in [-0.1, -0.05) is 30.3 Å². The van der Waals surface area contributed by atoms with Crippen LogP contribution in [0.25, 0.3) is 11.0 Å². The normalized spacial score (nSPS) is 17.3. The molecule has 0 fully saturated rings. The summed E-state index contributed by atoms with van der Waals surface area (Å²) in [6.45, 7) is 0. The number of anilines is 2. The van der Waals surface area contributed by atoms with Crippen molar-refractivity contribution < 1.29 is 28.2 Å². The molecule has 2 amide bonds. The van der Waals surface area contributed by atoms with Gasteiger partial charge in [0, 0.05) is 16.7 Å². The molecule has 4 aromatic rings. The summed E-state index contributed by atoms with van der Waals surface area (Å²) in [5.74, 6) is -2.65. The van der Waals surface area contributed by atoms with Gasteiger partial charge in [0.25, 0.3) is 5.91 Å². The van der Waals surface area contributed by atoms with Gasteiger partial charge in [0.15, 0.2) is 5.72 Å². The number of benzene rings is 3. The van der Waals surface area contributed by atoms with E-state index in [9.17, 15) is 23.5 Å². The zero-order valence-corrected chi connectivity index (χ0v) is 17.1. The standard InChI is InChI=1S/C23H16F2N4O4/c1-33-22(31)28-21-26-17-10-9-12(11-18(17)27-21)23(32)14-6-3-2-5-13(14)20(30)29(23)19-15(24)7-4-8-16(19)25/h2-11,32H,1H3,(H2,26,27,28,31). The molecule has 3 aromatic carbocycles. The number of halogens is 2. The molecule has 2 heterocycles. The van der Waals surface area contributed by atoms with Gasteiger partial charge in [-0.05, 0) is 30.3 Å². The van der Waals surface area contributed by atoms with E-state index in [1.165, 1.54) is 37.4 Å². The van der Waals surface area contributed by atoms with Crippen LogP contribution in [0, 0.1) is 11.6 Å². The van der Waals surface area contributed by atoms with E-state index >= 15 is 0 Å². The number of aliphatic hydroxyl groups is 1. The van der Waals surface area contributed by atoms with Crippen LogP contribution in [0.4, 0.5) is 25.2 Å². The lowest BCUT2D eigenvalue weighted by Gasteiger charge is -2.35. The maximum Gasteiger partial charge on any atom is 0.413 e. The Labute approximate surface area is 185 Å². The molecule has 10 heteroatoms. The van der Waals surface area contributed by atoms with Crippen molar-refractivity contribution in [2.24, 2.45) is 0 Å². The highest BCUT2D eigenvalue weighted by Crippen LogP contribution is 2.46. The lowest BCUT2D eigenvalue weighted by atomic mass is 9.93. The van der Waals surface area contributed by atoms with Gasteiger partial charge in [-0.25, -0.2) is 18.6 Å². The first-order valence-corrected chi connectivity index (χ1v) is 9.80. The fourth-order valence-corrected chi connectivity index (χ4v) is 4.05. The molecule has 1 aromatic heterocycles. The molecule has 0 radical (unpaired) electrons. The van der Waals surface area contributed by atoms with Crippen molar-refractivity contribution in [3.8, 4) is 0 Å². The Morgan fingerprint density at radius 2 is 1.85 bits per heavy atom. The summed E-state index contributed by atoms with van der Waals surface area (Å²) in [5, 5.41) is 14.3. The van der Waals surface area contributed by atoms with Gasteiger partial charge in [0.05, 0.1) is 18.1 Å². The molecule has 5 rings (SSSR count). The lowest BCUT2D eigenvalue weighted by Crippen LogP contribution is -2.46. The first-order valence-electron chi connectivity index (χ1n) is 9.80. The number of nitrogens with one attached hydrogen (secondary N) is 2. The smallest absolute Gasteiger partial charge is 0.413 e. The minimum atomic E-state index is -2.22. The van der Waals surface area contributed by atoms with Gasteiger partial charge in [0.2, 0.25) is 5.95 Å². The van der Waals surface area contributed by atoms with Gasteiger partial charge in [-0.15, -0.1) is 0 Å². The number of rotatable bonds is 3. The van der Waals surface area contributed by atoms with Crippen LogP contribution in [0.2, 0.25) is 0 Å². The quantitative estimate of drug-likeness (QED) is 0.439. The third-order valence-corrected chi connectivity index (χ3v) is 5.51. The zero-order valence-electron chi connectivity index (χ0n) is 17.1. The number of fused-ring (bicyclic) bond motifs is 2. The van der Waals surface area contributed by atoms with E-state index in [2.05, 4.69) is 20.0 Å². The second kappa shape index (κ2) is 7.38. The van der Waals surface area contributed by atoms with E-state index in [-0.39, 0.29) is 22.6 Å². The molecule has 166 valence electrons. The molecule has 1 atom stereocenters. The Hall–Kier alpha value is -4.31. The summed E-state index contributed by atoms with van der Waals surface area (Å²) in [4.78, 5) is 32.5. The number of carbonyl (C=O) groups excluding carboxylic acids is 2. The SMILES string of the molecule is COC(=O)Nc1nc2ccc(C3(O)c4ccccc4C(=O)N3c3c(F)cccc3F)cc2[nH]1. The highest BCUT2D eigenvalue weighted by atomic mass is 19.1. The summed E-state index contributed by atoms with van der Waals surface area (Å²) in [5.41, 5.74) is -1.60. The van der Waals surface area contributed by atoms with Gasteiger partial charge < -0.3 is 14.8 Å². The van der Waals surface area contributed by atoms with Crippen LogP contribution in [0.5, 0.6) is 0 Å². The van der Waals surface area contributed by atoms with Crippen molar-refractivity contribution in [3.05, 3.63) is 89.0 Å². The van der Waals surface area contributed by atoms with Gasteiger partial charge in [0.1, 0.15) is 17.3 Å². The number of methoxy groups -OCH3 is 1. The molecule has 33 heavy (non-hydrogen) atoms. The molecule has 0 saturated heterocycles. The third kappa shape index (κ3) is 3.03. The highest BCUT2D eigenvalue weighted by Gasteiger charge is 2.52. The number of carbonyl (C=O) groups is 2. The van der Waals surface area contributed by atoms with Gasteiger partial charge >= 0.3 is 6.09 Å². The number of hydrogen-bond acceptors (Lipinski definition) is 5. The minimum Gasteiger partial charge on any atom is -0.453 e. The number of para-hydroxylation sites is 1. The van der Waals surface area contributed by atoms with Crippen molar-refractivity contribution in [2.45, 2.75) is 5.72 Å². The lowest BCUT2D eigenvalue weighted by molar-refractivity contribution is 0.0693. The van der Waals surface area contributed by atoms with E-state index in [4.69, 9.17) is 0 Å². The van der Waals surface area contributed by atoms with E-state index < -0.39 is 35.0 Å². The summed E-state index contributed by atoms with van der Waals surface area (Å²) in [7, 11) is 1.20. The van der Waals surface area contributed by atoms with Crippen molar-refractivity contribution >= 4 is 34.7 Å². The molecule has 1 aliphatic rings. The fourth-order valence-electron chi connectivity index (χ4n) is 4.05. The predicted octanol–water partition coefficient (Wildman–Crippen LogP) is 3.87. The van der Waals surface area contributed by atoms with Crippen molar-refractivity contribution in [1.29, 1.82) is 0 Å². The average Bonchev–Trinajstić information content (AvgIpc) is 3.31. The first-order chi connectivity index (χ1) is 15.8. The second-order valence-corrected chi connectivity index (χ2v) is 7.36. The van der Waals surface area contributed by atoms with Crippen LogP contribution in [0.1, 0.15) is 21.5 Å². The number of amides is 2. The Kier molecular flexibility index (Phi) is 4.61. The molecule has 0 aliphatic carbocycles. The minimum absolute atomic E-state index is 0.0980. The molecular weight excluding hydrogens is 434 g/mol. The van der Waals surface area contributed by atoms with E-state index in [1.807, 2.05) is 0 Å². The van der Waals surface area contributed by atoms with Crippen LogP contribution < -0.4 is 10.2 Å². The van der Waals surface area contributed by atoms with Gasteiger partial charge in [-0.3, -0.25) is 15.0 Å². The van der Waals surface area contributed by atoms with Crippen molar-refractivity contribution in [3.63, 3.8) is 0 Å². The predicted molar refractivity (Wildman–Crippen MR) is 115 cm³/mol. The Morgan fingerprint density at radius 3 is 2.58 bits per heavy atom. The third-order valence-electron chi connectivity index (χ3n) is 5.51. The molecule has 8 nitrogen and oxygen atoms in total. The summed E-state index contributed by atoms with van der Waals surface area (Å²) < 4.78 is 34.1. The highest BCUT2D eigenvalue weighted by molar-refractivity contribution is 6.12. The summed E-state index contributed by atoms with van der Waals surface area (Å²) >= 11 is 0. The average molecular weight is 450 g/mol. The number of aromatic amines is 1. The largest absolute Gasteiger partial charge is 0.453 e. The number of H-pyrrole nitrogens is 1. The molecular formula is C23H16F2N4O4. The number of aromatic nitrogens is 2. The number of ether oxygens (including phenoxy) is 1. The number of nitrogens with zero attached hydrogens (tertiary/aromatic N) is 2. The van der Waals surface area contributed by atoms with Crippen LogP contribution in [0.3, 0.4) is 0 Å². The molecule has 1 aliphatic heterocycles. The Bertz CT molecular complexity index is 1420. The molecule has 0 spiro atoms. The molecule has 0 bridgehead atoms. The van der Waals surface area contributed by atoms with E-state index in [0.717, 1.165) is 12.1 Å². The molecule has 1 unspecified atom stereocenters. The van der Waals surface area contributed by atoms with Gasteiger partial charge in [-0.2, -0.15) is 0 Å². The Morgan fingerprint density at radius 1 is 1.12 bits per heavy atom. The maximum atomic E-state index is 14.8. The number of hydrogen-bond donors (Lipinski definition) is 3. The monoisotopic (exact) mass is 450 g/mol. The van der Waals surface area contributed by atoms with Crippen LogP contribution >= 0.6 is 0 Å². The maximum absolute atomic E-state index is 14.8. The summed E-state index contributed by atoms with van der Waals surface area (Å²) in [6, 6.07) is 13.9. The van der Waals surface area contributed by atoms with Crippen LogP contribution in [-0.2, 0) is 10.5 Å². The van der Waals surface area contributed by atoms with Crippen LogP contribution in [0.15, 0.2) is 60.7 Å². The van der Waals surface area contributed by atoms with E-state index in [1.54, 1.807) is 18.2 Å². The van der Waals surface area contributed by atoms with Crippen LogP contribution in [-0.4, -0.2) is 34.2 Å². The Balaban J connectivity index is 1.72. The zero-order chi connectivity index (χ0) is 23.3. The number of imidazole rings is 1. The van der Waals surface area contributed by atoms with E-state index in [0.29, 0.717) is 15.9 Å². The topological polar surface area (TPSA) is 108 Å². The first kappa shape index (κ1) is 20.6.